The Bertz CT molecular complexity index is 315. The van der Waals surface area contributed by atoms with Crippen molar-refractivity contribution in [3.63, 3.8) is 0 Å². The SMILES string of the molecule is CCCCCCCCC(OC(=O)CCCCCCCCCBr)C1CC1. The zero-order valence-electron chi connectivity index (χ0n) is 16.6. The maximum absolute atomic E-state index is 12.1. The van der Waals surface area contributed by atoms with Crippen molar-refractivity contribution < 1.29 is 9.53 Å². The standard InChI is InChI=1S/C22H41BrO2/c1-2-3-4-5-9-12-15-21(20-17-18-20)25-22(24)16-13-10-7-6-8-11-14-19-23/h20-21H,2-19H2,1H3. The molecule has 1 atom stereocenters. The summed E-state index contributed by atoms with van der Waals surface area (Å²) in [5.74, 6) is 0.733. The fourth-order valence-electron chi connectivity index (χ4n) is 3.46. The van der Waals surface area contributed by atoms with E-state index >= 15 is 0 Å². The van der Waals surface area contributed by atoms with Gasteiger partial charge in [0.2, 0.25) is 0 Å². The van der Waals surface area contributed by atoms with Gasteiger partial charge in [-0.2, -0.15) is 0 Å². The number of unbranched alkanes of at least 4 members (excludes halogenated alkanes) is 11. The Kier molecular flexibility index (Phi) is 14.8. The third-order valence-electron chi connectivity index (χ3n) is 5.29. The molecule has 3 heteroatoms. The molecule has 1 rings (SSSR count). The van der Waals surface area contributed by atoms with Gasteiger partial charge in [-0.25, -0.2) is 0 Å². The summed E-state index contributed by atoms with van der Waals surface area (Å²) in [6.45, 7) is 2.26. The van der Waals surface area contributed by atoms with Crippen LogP contribution in [-0.2, 0) is 9.53 Å². The molecular weight excluding hydrogens is 376 g/mol. The van der Waals surface area contributed by atoms with Gasteiger partial charge in [0.15, 0.2) is 0 Å². The van der Waals surface area contributed by atoms with Crippen molar-refractivity contribution in [3.05, 3.63) is 0 Å². The molecule has 1 aliphatic carbocycles. The maximum atomic E-state index is 12.1. The lowest BCUT2D eigenvalue weighted by atomic mass is 10.0. The topological polar surface area (TPSA) is 26.3 Å². The van der Waals surface area contributed by atoms with E-state index in [4.69, 9.17) is 4.74 Å². The van der Waals surface area contributed by atoms with E-state index in [-0.39, 0.29) is 12.1 Å². The summed E-state index contributed by atoms with van der Waals surface area (Å²) in [7, 11) is 0. The molecule has 0 spiro atoms. The summed E-state index contributed by atoms with van der Waals surface area (Å²) in [6.07, 6.45) is 21.1. The first-order valence-electron chi connectivity index (χ1n) is 11.0. The van der Waals surface area contributed by atoms with E-state index in [1.807, 2.05) is 0 Å². The number of carbonyl (C=O) groups is 1. The fourth-order valence-corrected chi connectivity index (χ4v) is 3.86. The second-order valence-electron chi connectivity index (χ2n) is 7.84. The Balaban J connectivity index is 1.99. The highest BCUT2D eigenvalue weighted by Crippen LogP contribution is 2.37. The third kappa shape index (κ3) is 13.8. The fraction of sp³-hybridized carbons (Fsp3) is 0.955. The highest BCUT2D eigenvalue weighted by molar-refractivity contribution is 9.09. The smallest absolute Gasteiger partial charge is 0.306 e. The van der Waals surface area contributed by atoms with Gasteiger partial charge in [-0.3, -0.25) is 4.79 Å². The van der Waals surface area contributed by atoms with Gasteiger partial charge in [-0.1, -0.05) is 87.1 Å². The maximum Gasteiger partial charge on any atom is 0.306 e. The number of rotatable bonds is 18. The van der Waals surface area contributed by atoms with Crippen LogP contribution >= 0.6 is 15.9 Å². The van der Waals surface area contributed by atoms with Crippen LogP contribution in [0.1, 0.15) is 116 Å². The second kappa shape index (κ2) is 16.1. The number of esters is 1. The van der Waals surface area contributed by atoms with Crippen LogP contribution in [0.15, 0.2) is 0 Å². The van der Waals surface area contributed by atoms with Gasteiger partial charge in [0.05, 0.1) is 0 Å². The summed E-state index contributed by atoms with van der Waals surface area (Å²) in [5.41, 5.74) is 0. The Morgan fingerprint density at radius 2 is 1.44 bits per heavy atom. The molecule has 1 unspecified atom stereocenters. The van der Waals surface area contributed by atoms with Crippen molar-refractivity contribution >= 4 is 21.9 Å². The molecule has 25 heavy (non-hydrogen) atoms. The van der Waals surface area contributed by atoms with Gasteiger partial charge in [0.25, 0.3) is 0 Å². The van der Waals surface area contributed by atoms with E-state index in [1.54, 1.807) is 0 Å². The Morgan fingerprint density at radius 1 is 0.880 bits per heavy atom. The second-order valence-corrected chi connectivity index (χ2v) is 8.63. The quantitative estimate of drug-likeness (QED) is 0.131. The van der Waals surface area contributed by atoms with Crippen LogP contribution in [0.5, 0.6) is 0 Å². The molecule has 1 fully saturated rings. The Labute approximate surface area is 165 Å². The number of ether oxygens (including phenoxy) is 1. The number of hydrogen-bond acceptors (Lipinski definition) is 2. The third-order valence-corrected chi connectivity index (χ3v) is 5.85. The van der Waals surface area contributed by atoms with Crippen molar-refractivity contribution in [2.75, 3.05) is 5.33 Å². The van der Waals surface area contributed by atoms with Gasteiger partial charge in [0.1, 0.15) is 6.10 Å². The monoisotopic (exact) mass is 416 g/mol. The molecule has 148 valence electrons. The summed E-state index contributed by atoms with van der Waals surface area (Å²) >= 11 is 3.47. The lowest BCUT2D eigenvalue weighted by molar-refractivity contribution is -0.150. The Morgan fingerprint density at radius 3 is 2.04 bits per heavy atom. The molecular formula is C22H41BrO2. The van der Waals surface area contributed by atoms with Crippen LogP contribution < -0.4 is 0 Å². The van der Waals surface area contributed by atoms with Crippen LogP contribution in [0.3, 0.4) is 0 Å². The average Bonchev–Trinajstić information content (AvgIpc) is 3.44. The lowest BCUT2D eigenvalue weighted by Crippen LogP contribution is -2.20. The van der Waals surface area contributed by atoms with Crippen LogP contribution in [0.25, 0.3) is 0 Å². The summed E-state index contributed by atoms with van der Waals surface area (Å²) in [5, 5.41) is 1.12. The molecule has 0 bridgehead atoms. The van der Waals surface area contributed by atoms with E-state index in [9.17, 15) is 4.79 Å². The summed E-state index contributed by atoms with van der Waals surface area (Å²) in [6, 6.07) is 0. The zero-order valence-corrected chi connectivity index (χ0v) is 18.2. The molecule has 0 radical (unpaired) electrons. The van der Waals surface area contributed by atoms with E-state index in [0.29, 0.717) is 12.3 Å². The minimum Gasteiger partial charge on any atom is -0.462 e. The molecule has 0 amide bonds. The molecule has 0 N–H and O–H groups in total. The molecule has 0 aromatic rings. The van der Waals surface area contributed by atoms with Gasteiger partial charge in [0, 0.05) is 11.8 Å². The minimum atomic E-state index is 0.0576. The molecule has 0 aromatic heterocycles. The summed E-state index contributed by atoms with van der Waals surface area (Å²) in [4.78, 5) is 12.1. The van der Waals surface area contributed by atoms with Gasteiger partial charge < -0.3 is 4.74 Å². The number of halogens is 1. The number of hydrogen-bond donors (Lipinski definition) is 0. The van der Waals surface area contributed by atoms with E-state index in [1.165, 1.54) is 89.9 Å². The van der Waals surface area contributed by atoms with Crippen molar-refractivity contribution in [3.8, 4) is 0 Å². The van der Waals surface area contributed by atoms with Gasteiger partial charge in [-0.15, -0.1) is 0 Å². The van der Waals surface area contributed by atoms with Crippen LogP contribution in [0.4, 0.5) is 0 Å². The predicted molar refractivity (Wildman–Crippen MR) is 111 cm³/mol. The van der Waals surface area contributed by atoms with Crippen LogP contribution in [0.2, 0.25) is 0 Å². The molecule has 2 nitrogen and oxygen atoms in total. The lowest BCUT2D eigenvalue weighted by Gasteiger charge is -2.17. The van der Waals surface area contributed by atoms with E-state index < -0.39 is 0 Å². The molecule has 1 saturated carbocycles. The van der Waals surface area contributed by atoms with Crippen molar-refractivity contribution in [2.45, 2.75) is 122 Å². The largest absolute Gasteiger partial charge is 0.462 e. The molecule has 0 aromatic carbocycles. The van der Waals surface area contributed by atoms with Crippen molar-refractivity contribution in [1.82, 2.24) is 0 Å². The number of carbonyl (C=O) groups excluding carboxylic acids is 1. The molecule has 0 aliphatic heterocycles. The van der Waals surface area contributed by atoms with Crippen LogP contribution in [0, 0.1) is 5.92 Å². The predicted octanol–water partition coefficient (Wildman–Crippen LogP) is 7.57. The normalized spacial score (nSPS) is 15.3. The average molecular weight is 417 g/mol. The van der Waals surface area contributed by atoms with Gasteiger partial charge in [-0.05, 0) is 44.4 Å². The van der Waals surface area contributed by atoms with Crippen molar-refractivity contribution in [1.29, 1.82) is 0 Å². The summed E-state index contributed by atoms with van der Waals surface area (Å²) < 4.78 is 5.82. The first-order chi connectivity index (χ1) is 12.3. The first-order valence-corrected chi connectivity index (χ1v) is 12.2. The van der Waals surface area contributed by atoms with Gasteiger partial charge >= 0.3 is 5.97 Å². The van der Waals surface area contributed by atoms with Crippen molar-refractivity contribution in [2.24, 2.45) is 5.92 Å². The first kappa shape index (κ1) is 23.0. The number of alkyl halides is 1. The highest BCUT2D eigenvalue weighted by Gasteiger charge is 2.33. The van der Waals surface area contributed by atoms with E-state index in [2.05, 4.69) is 22.9 Å². The Hall–Kier alpha value is -0.0500. The zero-order chi connectivity index (χ0) is 18.2. The van der Waals surface area contributed by atoms with E-state index in [0.717, 1.165) is 18.2 Å². The molecule has 0 heterocycles. The minimum absolute atomic E-state index is 0.0576. The highest BCUT2D eigenvalue weighted by atomic mass is 79.9. The molecule has 1 aliphatic rings. The van der Waals surface area contributed by atoms with Crippen LogP contribution in [-0.4, -0.2) is 17.4 Å². The molecule has 0 saturated heterocycles.